The maximum absolute atomic E-state index is 3.34. The van der Waals surface area contributed by atoms with Crippen LogP contribution in [0.5, 0.6) is 0 Å². The third-order valence-electron chi connectivity index (χ3n) is 3.06. The molecule has 0 heterocycles. The first-order chi connectivity index (χ1) is 8.00. The maximum atomic E-state index is 3.34. The second-order valence-corrected chi connectivity index (χ2v) is 5.52. The molecule has 0 saturated heterocycles. The van der Waals surface area contributed by atoms with Crippen LogP contribution < -0.4 is 0 Å². The van der Waals surface area contributed by atoms with Crippen LogP contribution in [0.1, 0.15) is 31.9 Å². The van der Waals surface area contributed by atoms with Crippen LogP contribution >= 0.6 is 0 Å². The molecule has 0 saturated carbocycles. The second kappa shape index (κ2) is 4.37. The van der Waals surface area contributed by atoms with Crippen LogP contribution in [-0.2, 0) is 5.41 Å². The van der Waals surface area contributed by atoms with Crippen LogP contribution in [0.3, 0.4) is 0 Å². The van der Waals surface area contributed by atoms with E-state index >= 15 is 0 Å². The Hall–Kier alpha value is -1.56. The van der Waals surface area contributed by atoms with Gasteiger partial charge in [0.25, 0.3) is 0 Å². The van der Waals surface area contributed by atoms with Crippen LogP contribution in [0.2, 0.25) is 0 Å². The van der Waals surface area contributed by atoms with E-state index in [-0.39, 0.29) is 5.41 Å². The molecule has 0 spiro atoms. The minimum absolute atomic E-state index is 0.158. The molecular formula is C17H19. The van der Waals surface area contributed by atoms with Gasteiger partial charge < -0.3 is 0 Å². The van der Waals surface area contributed by atoms with Gasteiger partial charge >= 0.3 is 0 Å². The van der Waals surface area contributed by atoms with Crippen molar-refractivity contribution in [1.82, 2.24) is 0 Å². The standard InChI is InChI=1S/C17H19/c1-13-9-8-12-15(17(2,3)4)16(13)14-10-6-5-7-11-14/h5-10,12H,1-4H3. The highest BCUT2D eigenvalue weighted by Gasteiger charge is 2.19. The summed E-state index contributed by atoms with van der Waals surface area (Å²) in [5.74, 6) is 0. The Morgan fingerprint density at radius 3 is 2.29 bits per heavy atom. The molecule has 0 atom stereocenters. The van der Waals surface area contributed by atoms with Gasteiger partial charge in [0, 0.05) is 0 Å². The van der Waals surface area contributed by atoms with E-state index in [1.807, 2.05) is 12.1 Å². The summed E-state index contributed by atoms with van der Waals surface area (Å²) >= 11 is 0. The Morgan fingerprint density at radius 2 is 1.71 bits per heavy atom. The highest BCUT2D eigenvalue weighted by atomic mass is 14.2. The molecule has 2 rings (SSSR count). The minimum Gasteiger partial charge on any atom is -0.0617 e. The lowest BCUT2D eigenvalue weighted by Gasteiger charge is -2.24. The summed E-state index contributed by atoms with van der Waals surface area (Å²) in [6.45, 7) is 8.95. The highest BCUT2D eigenvalue weighted by Crippen LogP contribution is 2.34. The van der Waals surface area contributed by atoms with Gasteiger partial charge in [-0.1, -0.05) is 63.2 Å². The number of aryl methyl sites for hydroxylation is 1. The monoisotopic (exact) mass is 223 g/mol. The molecule has 0 aliphatic rings. The lowest BCUT2D eigenvalue weighted by atomic mass is 9.80. The molecule has 0 nitrogen and oxygen atoms in total. The molecule has 0 aromatic heterocycles. The smallest absolute Gasteiger partial charge is 0.00990 e. The summed E-state index contributed by atoms with van der Waals surface area (Å²) in [5.41, 5.74) is 5.39. The fraction of sp³-hybridized carbons (Fsp3) is 0.294. The number of benzene rings is 2. The summed E-state index contributed by atoms with van der Waals surface area (Å²) in [4.78, 5) is 0. The van der Waals surface area contributed by atoms with E-state index in [1.54, 1.807) is 0 Å². The molecule has 1 radical (unpaired) electrons. The summed E-state index contributed by atoms with van der Waals surface area (Å²) < 4.78 is 0. The third-order valence-corrected chi connectivity index (χ3v) is 3.06. The predicted molar refractivity (Wildman–Crippen MR) is 74.2 cm³/mol. The van der Waals surface area contributed by atoms with Gasteiger partial charge in [-0.3, -0.25) is 0 Å². The largest absolute Gasteiger partial charge is 0.0617 e. The van der Waals surface area contributed by atoms with Crippen LogP contribution in [0.4, 0.5) is 0 Å². The molecule has 0 N–H and O–H groups in total. The van der Waals surface area contributed by atoms with Crippen molar-refractivity contribution in [3.8, 4) is 11.1 Å². The van der Waals surface area contributed by atoms with Gasteiger partial charge in [-0.25, -0.2) is 0 Å². The van der Waals surface area contributed by atoms with Crippen molar-refractivity contribution in [1.29, 1.82) is 0 Å². The maximum Gasteiger partial charge on any atom is -0.00990 e. The van der Waals surface area contributed by atoms with Gasteiger partial charge in [0.05, 0.1) is 0 Å². The molecule has 0 heteroatoms. The van der Waals surface area contributed by atoms with Crippen molar-refractivity contribution < 1.29 is 0 Å². The lowest BCUT2D eigenvalue weighted by molar-refractivity contribution is 0.591. The van der Waals surface area contributed by atoms with Gasteiger partial charge in [-0.05, 0) is 40.7 Å². The molecule has 0 unspecified atom stereocenters. The fourth-order valence-corrected chi connectivity index (χ4v) is 2.20. The van der Waals surface area contributed by atoms with Crippen LogP contribution in [0.25, 0.3) is 11.1 Å². The van der Waals surface area contributed by atoms with E-state index in [2.05, 4.69) is 64.1 Å². The molecule has 0 bridgehead atoms. The van der Waals surface area contributed by atoms with E-state index in [0.717, 1.165) is 0 Å². The normalized spacial score (nSPS) is 11.5. The molecule has 0 amide bonds. The average molecular weight is 223 g/mol. The first-order valence-corrected chi connectivity index (χ1v) is 6.07. The van der Waals surface area contributed by atoms with Gasteiger partial charge in [0.1, 0.15) is 0 Å². The zero-order valence-corrected chi connectivity index (χ0v) is 11.0. The zero-order valence-electron chi connectivity index (χ0n) is 11.0. The Labute approximate surface area is 104 Å². The van der Waals surface area contributed by atoms with Crippen LogP contribution in [0, 0.1) is 13.0 Å². The summed E-state index contributed by atoms with van der Waals surface area (Å²) in [6, 6.07) is 18.1. The lowest BCUT2D eigenvalue weighted by Crippen LogP contribution is -2.13. The summed E-state index contributed by atoms with van der Waals surface area (Å²) in [6.07, 6.45) is 0. The molecule has 17 heavy (non-hydrogen) atoms. The van der Waals surface area contributed by atoms with E-state index in [0.29, 0.717) is 0 Å². The molecular weight excluding hydrogens is 204 g/mol. The van der Waals surface area contributed by atoms with E-state index in [1.165, 1.54) is 22.3 Å². The van der Waals surface area contributed by atoms with Gasteiger partial charge in [-0.2, -0.15) is 0 Å². The number of hydrogen-bond donors (Lipinski definition) is 0. The molecule has 2 aromatic rings. The zero-order chi connectivity index (χ0) is 12.5. The molecule has 87 valence electrons. The van der Waals surface area contributed by atoms with E-state index in [9.17, 15) is 0 Å². The van der Waals surface area contributed by atoms with Gasteiger partial charge in [-0.15, -0.1) is 0 Å². The minimum atomic E-state index is 0.158. The Kier molecular flexibility index (Phi) is 3.06. The van der Waals surface area contributed by atoms with Crippen molar-refractivity contribution >= 4 is 0 Å². The van der Waals surface area contributed by atoms with Crippen molar-refractivity contribution in [2.24, 2.45) is 0 Å². The predicted octanol–water partition coefficient (Wildman–Crippen LogP) is 4.76. The molecule has 0 aliphatic heterocycles. The first kappa shape index (κ1) is 11.9. The fourth-order valence-electron chi connectivity index (χ4n) is 2.20. The third kappa shape index (κ3) is 2.41. The number of hydrogen-bond acceptors (Lipinski definition) is 0. The Bertz CT molecular complexity index is 501. The van der Waals surface area contributed by atoms with Crippen molar-refractivity contribution in [3.63, 3.8) is 0 Å². The molecule has 0 fully saturated rings. The van der Waals surface area contributed by atoms with Crippen LogP contribution in [-0.4, -0.2) is 0 Å². The molecule has 2 aromatic carbocycles. The SMILES string of the molecule is Cc1cccc(C(C)(C)C)c1-c1[c]cccc1. The summed E-state index contributed by atoms with van der Waals surface area (Å²) in [5, 5.41) is 0. The summed E-state index contributed by atoms with van der Waals surface area (Å²) in [7, 11) is 0. The number of rotatable bonds is 1. The average Bonchev–Trinajstić information content (AvgIpc) is 2.28. The molecule has 0 aliphatic carbocycles. The van der Waals surface area contributed by atoms with Crippen molar-refractivity contribution in [2.75, 3.05) is 0 Å². The van der Waals surface area contributed by atoms with Crippen molar-refractivity contribution in [2.45, 2.75) is 33.1 Å². The Morgan fingerprint density at radius 1 is 0.941 bits per heavy atom. The van der Waals surface area contributed by atoms with Crippen molar-refractivity contribution in [3.05, 3.63) is 59.7 Å². The Balaban J connectivity index is 2.69. The van der Waals surface area contributed by atoms with Crippen LogP contribution in [0.15, 0.2) is 42.5 Å². The van der Waals surface area contributed by atoms with Gasteiger partial charge in [0.15, 0.2) is 0 Å². The highest BCUT2D eigenvalue weighted by molar-refractivity contribution is 5.71. The first-order valence-electron chi connectivity index (χ1n) is 6.07. The van der Waals surface area contributed by atoms with E-state index in [4.69, 9.17) is 0 Å². The second-order valence-electron chi connectivity index (χ2n) is 5.52. The van der Waals surface area contributed by atoms with E-state index < -0.39 is 0 Å². The van der Waals surface area contributed by atoms with Gasteiger partial charge in [0.2, 0.25) is 0 Å². The quantitative estimate of drug-likeness (QED) is 0.654. The topological polar surface area (TPSA) is 0 Å².